The predicted octanol–water partition coefficient (Wildman–Crippen LogP) is 2.98. The number of methoxy groups -OCH3 is 2. The van der Waals surface area contributed by atoms with E-state index in [1.807, 2.05) is 6.07 Å². The number of piperidine rings is 2. The van der Waals surface area contributed by atoms with Crippen LogP contribution in [0.3, 0.4) is 0 Å². The van der Waals surface area contributed by atoms with Crippen molar-refractivity contribution in [2.24, 2.45) is 0 Å². The molecule has 2 aromatic heterocycles. The first-order valence-corrected chi connectivity index (χ1v) is 17.0. The summed E-state index contributed by atoms with van der Waals surface area (Å²) >= 11 is 0. The van der Waals surface area contributed by atoms with Gasteiger partial charge in [0.25, 0.3) is 0 Å². The van der Waals surface area contributed by atoms with Crippen LogP contribution in [-0.4, -0.2) is 102 Å². The zero-order valence-corrected chi connectivity index (χ0v) is 29.5. The van der Waals surface area contributed by atoms with Gasteiger partial charge in [-0.1, -0.05) is 24.3 Å². The van der Waals surface area contributed by atoms with E-state index in [0.29, 0.717) is 53.7 Å². The fourth-order valence-corrected chi connectivity index (χ4v) is 5.95. The van der Waals surface area contributed by atoms with E-state index in [9.17, 15) is 14.4 Å². The van der Waals surface area contributed by atoms with Crippen molar-refractivity contribution in [3.05, 3.63) is 83.2 Å². The highest BCUT2D eigenvalue weighted by atomic mass is 16.5. The minimum absolute atomic E-state index is 0.0712. The Hall–Kier alpha value is -6.03. The molecule has 2 fully saturated rings. The van der Waals surface area contributed by atoms with Crippen LogP contribution in [0.4, 0.5) is 28.3 Å². The van der Waals surface area contributed by atoms with Crippen molar-refractivity contribution < 1.29 is 23.9 Å². The van der Waals surface area contributed by atoms with Crippen molar-refractivity contribution in [3.8, 4) is 11.5 Å². The molecule has 2 aliphatic heterocycles. The highest BCUT2D eigenvalue weighted by molar-refractivity contribution is 6.13. The van der Waals surface area contributed by atoms with Gasteiger partial charge < -0.3 is 47.1 Å². The van der Waals surface area contributed by atoms with Gasteiger partial charge in [-0.25, -0.2) is 14.8 Å². The van der Waals surface area contributed by atoms with Gasteiger partial charge in [0.15, 0.2) is 0 Å². The number of carbonyl (C=O) groups is 3. The Bertz CT molecular complexity index is 1860. The van der Waals surface area contributed by atoms with Crippen molar-refractivity contribution in [2.75, 3.05) is 69.5 Å². The largest absolute Gasteiger partial charge is 0.496 e. The van der Waals surface area contributed by atoms with Gasteiger partial charge in [0, 0.05) is 44.6 Å². The van der Waals surface area contributed by atoms with Crippen molar-refractivity contribution in [1.82, 2.24) is 35.5 Å². The average Bonchev–Trinajstić information content (AvgIpc) is 3.18. The predicted molar refractivity (Wildman–Crippen MR) is 198 cm³/mol. The third-order valence-corrected chi connectivity index (χ3v) is 8.83. The first-order valence-electron chi connectivity index (χ1n) is 17.0. The van der Waals surface area contributed by atoms with E-state index in [0.717, 1.165) is 38.8 Å². The number of amides is 2. The number of nitrogens with two attached hydrogens (primary N) is 2. The number of rotatable bonds is 10. The summed E-state index contributed by atoms with van der Waals surface area (Å²) in [4.78, 5) is 55.9. The zero-order chi connectivity index (χ0) is 37.0. The van der Waals surface area contributed by atoms with Gasteiger partial charge in [-0.3, -0.25) is 9.59 Å². The molecule has 4 aromatic rings. The zero-order valence-electron chi connectivity index (χ0n) is 29.5. The summed E-state index contributed by atoms with van der Waals surface area (Å²) in [6, 6.07) is 14.3. The molecule has 2 amide bonds. The minimum atomic E-state index is -0.291. The summed E-state index contributed by atoms with van der Waals surface area (Å²) < 4.78 is 10.5. The number of hydrogen-bond donors (Lipinski definition) is 6. The van der Waals surface area contributed by atoms with E-state index in [4.69, 9.17) is 20.9 Å². The lowest BCUT2D eigenvalue weighted by Gasteiger charge is -2.32. The number of nitrogen functional groups attached to an aromatic ring is 2. The van der Waals surface area contributed by atoms with Crippen LogP contribution >= 0.6 is 0 Å². The highest BCUT2D eigenvalue weighted by Crippen LogP contribution is 2.25. The number of para-hydroxylation sites is 2. The van der Waals surface area contributed by atoms with Crippen LogP contribution in [-0.2, 0) is 0 Å². The lowest BCUT2D eigenvalue weighted by Crippen LogP contribution is -2.46. The molecule has 0 radical (unpaired) electrons. The Balaban J connectivity index is 0.000000203. The molecule has 2 saturated heterocycles. The Labute approximate surface area is 302 Å². The van der Waals surface area contributed by atoms with Crippen LogP contribution in [0.2, 0.25) is 0 Å². The number of likely N-dealkylation sites (tertiary alicyclic amines) is 1. The summed E-state index contributed by atoms with van der Waals surface area (Å²) in [6.07, 6.45) is 6.47. The number of urea groups is 1. The number of ether oxygens (including phenoxy) is 2. The number of aromatic nitrogens is 4. The molecule has 52 heavy (non-hydrogen) atoms. The lowest BCUT2D eigenvalue weighted by molar-refractivity contribution is 0.102. The molecular weight excluding hydrogens is 666 g/mol. The second-order valence-corrected chi connectivity index (χ2v) is 12.2. The van der Waals surface area contributed by atoms with Crippen molar-refractivity contribution >= 4 is 41.1 Å². The summed E-state index contributed by atoms with van der Waals surface area (Å²) in [7, 11) is 4.66. The number of carbonyl (C=O) groups excluding carboxylic acids is 3. The van der Waals surface area contributed by atoms with E-state index in [-0.39, 0.29) is 46.4 Å². The molecule has 0 aliphatic carbocycles. The van der Waals surface area contributed by atoms with Crippen LogP contribution in [0.25, 0.3) is 0 Å². The van der Waals surface area contributed by atoms with Crippen molar-refractivity contribution in [2.45, 2.75) is 37.8 Å². The molecule has 0 unspecified atom stereocenters. The molecule has 0 atom stereocenters. The van der Waals surface area contributed by atoms with Crippen molar-refractivity contribution in [1.29, 1.82) is 0 Å². The molecule has 0 bridgehead atoms. The summed E-state index contributed by atoms with van der Waals surface area (Å²) in [5, 5.41) is 12.4. The third kappa shape index (κ3) is 9.19. The van der Waals surface area contributed by atoms with Crippen LogP contribution in [0.15, 0.2) is 60.9 Å². The van der Waals surface area contributed by atoms with E-state index >= 15 is 0 Å². The topological polar surface area (TPSA) is 225 Å². The highest BCUT2D eigenvalue weighted by Gasteiger charge is 2.24. The normalized spacial score (nSPS) is 14.7. The Morgan fingerprint density at radius 3 is 1.58 bits per heavy atom. The number of nitrogens with zero attached hydrogens (tertiary/aromatic N) is 5. The first kappa shape index (κ1) is 37.2. The number of benzene rings is 2. The second-order valence-electron chi connectivity index (χ2n) is 12.2. The number of nitrogens with one attached hydrogen (secondary N) is 4. The fraction of sp³-hybridized carbons (Fsp3) is 0.361. The van der Waals surface area contributed by atoms with Gasteiger partial charge in [-0.2, -0.15) is 9.97 Å². The van der Waals surface area contributed by atoms with E-state index in [1.165, 1.54) is 26.6 Å². The van der Waals surface area contributed by atoms with Crippen LogP contribution in [0.1, 0.15) is 57.5 Å². The molecule has 274 valence electrons. The number of anilines is 4. The van der Waals surface area contributed by atoms with Crippen LogP contribution in [0, 0.1) is 0 Å². The maximum atomic E-state index is 12.8. The standard InChI is InChI=1S/C19H24N6O3.C17H21N5O2/c1-21-19(27)25-9-7-12(8-10-25)23-18-22-11-14(17(20)24-18)16(26)13-5-3-4-6-15(13)28-2;1-24-14-5-3-2-4-12(14)15(23)13-10-20-17(22-16(13)18)21-11-6-8-19-9-7-11/h3-6,11-12H,7-10H2,1-2H3,(H,21,27)(H3,20,22,23,24);2-5,10-11,19H,6-9H2,1H3,(H3,18,20,21,22). The van der Waals surface area contributed by atoms with E-state index in [2.05, 4.69) is 41.2 Å². The van der Waals surface area contributed by atoms with Gasteiger partial charge in [0.1, 0.15) is 23.1 Å². The molecule has 0 saturated carbocycles. The SMILES string of the molecule is CNC(=O)N1CCC(Nc2ncc(C(=O)c3ccccc3OC)c(N)n2)CC1.COc1ccccc1C(=O)c1cnc(NC2CCNCC2)nc1N. The molecule has 2 aromatic carbocycles. The summed E-state index contributed by atoms with van der Waals surface area (Å²) in [6.45, 7) is 3.24. The Kier molecular flexibility index (Phi) is 12.7. The fourth-order valence-electron chi connectivity index (χ4n) is 5.95. The summed E-state index contributed by atoms with van der Waals surface area (Å²) in [5.41, 5.74) is 13.4. The maximum Gasteiger partial charge on any atom is 0.317 e. The third-order valence-electron chi connectivity index (χ3n) is 8.83. The first-order chi connectivity index (χ1) is 25.2. The molecule has 0 spiro atoms. The Morgan fingerprint density at radius 2 is 1.15 bits per heavy atom. The quantitative estimate of drug-likeness (QED) is 0.130. The van der Waals surface area contributed by atoms with Crippen LogP contribution in [0.5, 0.6) is 11.5 Å². The molecule has 8 N–H and O–H groups in total. The van der Waals surface area contributed by atoms with E-state index < -0.39 is 0 Å². The smallest absolute Gasteiger partial charge is 0.317 e. The second kappa shape index (κ2) is 17.8. The molecule has 16 heteroatoms. The molecule has 16 nitrogen and oxygen atoms in total. The monoisotopic (exact) mass is 711 g/mol. The Morgan fingerprint density at radius 1 is 0.712 bits per heavy atom. The average molecular weight is 712 g/mol. The molecular formula is C36H45N11O5. The summed E-state index contributed by atoms with van der Waals surface area (Å²) in [5.74, 6) is 1.52. The van der Waals surface area contributed by atoms with Gasteiger partial charge in [0.2, 0.25) is 23.5 Å². The molecule has 6 rings (SSSR count). The van der Waals surface area contributed by atoms with E-state index in [1.54, 1.807) is 54.4 Å². The lowest BCUT2D eigenvalue weighted by atomic mass is 10.0. The van der Waals surface area contributed by atoms with Gasteiger partial charge >= 0.3 is 6.03 Å². The van der Waals surface area contributed by atoms with Gasteiger partial charge in [-0.05, 0) is 63.0 Å². The number of ketones is 2. The molecule has 4 heterocycles. The van der Waals surface area contributed by atoms with Crippen molar-refractivity contribution in [3.63, 3.8) is 0 Å². The molecule has 2 aliphatic rings. The minimum Gasteiger partial charge on any atom is -0.496 e. The number of hydrogen-bond acceptors (Lipinski definition) is 14. The van der Waals surface area contributed by atoms with Crippen LogP contribution < -0.4 is 42.2 Å². The van der Waals surface area contributed by atoms with Gasteiger partial charge in [-0.15, -0.1) is 0 Å². The maximum absolute atomic E-state index is 12.8. The van der Waals surface area contributed by atoms with Gasteiger partial charge in [0.05, 0.1) is 36.5 Å².